The van der Waals surface area contributed by atoms with E-state index in [1.165, 1.54) is 0 Å². The Morgan fingerprint density at radius 2 is 2.08 bits per heavy atom. The summed E-state index contributed by atoms with van der Waals surface area (Å²) in [5, 5.41) is 28.8. The standard InChI is InChI=1S/C20H32O6/c1-2-3-6-9-15(21)12-13-18-16(17(22)14-20(25)26-18)10-7-4-5-8-11-19(23)24/h4,7,12-13,15-18,21-22H,2-3,5-6,8-11,14H2,1H3,(H,23,24)/b7-4?,13-12+. The smallest absolute Gasteiger partial charge is 0.309 e. The van der Waals surface area contributed by atoms with Crippen LogP contribution in [0.25, 0.3) is 0 Å². The molecule has 6 nitrogen and oxygen atoms in total. The zero-order valence-electron chi connectivity index (χ0n) is 15.5. The first-order valence-corrected chi connectivity index (χ1v) is 9.54. The summed E-state index contributed by atoms with van der Waals surface area (Å²) in [6, 6.07) is 0. The minimum atomic E-state index is -0.810. The van der Waals surface area contributed by atoms with E-state index in [0.29, 0.717) is 25.7 Å². The molecule has 1 aliphatic rings. The van der Waals surface area contributed by atoms with E-state index < -0.39 is 30.3 Å². The lowest BCUT2D eigenvalue weighted by Crippen LogP contribution is -2.41. The zero-order valence-corrected chi connectivity index (χ0v) is 15.5. The van der Waals surface area contributed by atoms with Crippen LogP contribution in [-0.4, -0.2) is 45.6 Å². The van der Waals surface area contributed by atoms with E-state index in [-0.39, 0.29) is 18.8 Å². The second-order valence-corrected chi connectivity index (χ2v) is 6.83. The molecule has 6 heteroatoms. The van der Waals surface area contributed by atoms with Crippen LogP contribution in [0.3, 0.4) is 0 Å². The Morgan fingerprint density at radius 1 is 1.31 bits per heavy atom. The molecule has 0 amide bonds. The summed E-state index contributed by atoms with van der Waals surface area (Å²) in [7, 11) is 0. The third kappa shape index (κ3) is 9.15. The van der Waals surface area contributed by atoms with Crippen LogP contribution in [-0.2, 0) is 14.3 Å². The SMILES string of the molecule is CCCCCC(O)/C=C/C1OC(=O)CC(O)C1CC=CCCCC(=O)O. The highest BCUT2D eigenvalue weighted by molar-refractivity contribution is 5.71. The lowest BCUT2D eigenvalue weighted by atomic mass is 9.87. The largest absolute Gasteiger partial charge is 0.481 e. The average molecular weight is 368 g/mol. The highest BCUT2D eigenvalue weighted by Crippen LogP contribution is 2.27. The van der Waals surface area contributed by atoms with Crippen LogP contribution >= 0.6 is 0 Å². The fraction of sp³-hybridized carbons (Fsp3) is 0.700. The number of hydrogen-bond donors (Lipinski definition) is 3. The molecule has 0 aromatic carbocycles. The molecule has 26 heavy (non-hydrogen) atoms. The predicted octanol–water partition coefficient (Wildman–Crippen LogP) is 2.98. The minimum Gasteiger partial charge on any atom is -0.481 e. The number of carboxylic acids is 1. The van der Waals surface area contributed by atoms with E-state index in [0.717, 1.165) is 19.3 Å². The molecule has 1 rings (SSSR count). The molecule has 0 spiro atoms. The fourth-order valence-corrected chi connectivity index (χ4v) is 2.98. The number of esters is 1. The van der Waals surface area contributed by atoms with Gasteiger partial charge in [0.1, 0.15) is 6.10 Å². The van der Waals surface area contributed by atoms with Crippen molar-refractivity contribution in [3.63, 3.8) is 0 Å². The Kier molecular flexibility index (Phi) is 10.9. The van der Waals surface area contributed by atoms with Gasteiger partial charge in [0.15, 0.2) is 0 Å². The topological polar surface area (TPSA) is 104 Å². The number of allylic oxidation sites excluding steroid dienone is 2. The monoisotopic (exact) mass is 368 g/mol. The first kappa shape index (κ1) is 22.4. The van der Waals surface area contributed by atoms with Crippen molar-refractivity contribution in [1.29, 1.82) is 0 Å². The first-order chi connectivity index (χ1) is 12.4. The van der Waals surface area contributed by atoms with Gasteiger partial charge in [-0.3, -0.25) is 9.59 Å². The number of rotatable bonds is 12. The lowest BCUT2D eigenvalue weighted by Gasteiger charge is -2.32. The molecule has 0 aromatic rings. The maximum absolute atomic E-state index is 11.6. The van der Waals surface area contributed by atoms with E-state index >= 15 is 0 Å². The van der Waals surface area contributed by atoms with Gasteiger partial charge in [-0.2, -0.15) is 0 Å². The number of carbonyl (C=O) groups is 2. The minimum absolute atomic E-state index is 0.0269. The molecular formula is C20H32O6. The summed E-state index contributed by atoms with van der Waals surface area (Å²) in [4.78, 5) is 22.1. The molecule has 3 N–H and O–H groups in total. The molecule has 1 fully saturated rings. The number of unbranched alkanes of at least 4 members (excludes halogenated alkanes) is 3. The molecule has 1 aliphatic heterocycles. The van der Waals surface area contributed by atoms with Gasteiger partial charge in [-0.05, 0) is 31.8 Å². The summed E-state index contributed by atoms with van der Waals surface area (Å²) in [5.41, 5.74) is 0. The highest BCUT2D eigenvalue weighted by Gasteiger charge is 2.35. The van der Waals surface area contributed by atoms with Crippen molar-refractivity contribution in [2.75, 3.05) is 0 Å². The Hall–Kier alpha value is -1.66. The van der Waals surface area contributed by atoms with Crippen LogP contribution in [0.5, 0.6) is 0 Å². The Balaban J connectivity index is 2.54. The lowest BCUT2D eigenvalue weighted by molar-refractivity contribution is -0.163. The Labute approximate surface area is 155 Å². The van der Waals surface area contributed by atoms with E-state index in [9.17, 15) is 19.8 Å². The molecular weight excluding hydrogens is 336 g/mol. The second-order valence-electron chi connectivity index (χ2n) is 6.83. The summed E-state index contributed by atoms with van der Waals surface area (Å²) in [6.45, 7) is 2.10. The van der Waals surface area contributed by atoms with Gasteiger partial charge in [0.25, 0.3) is 0 Å². The number of hydrogen-bond acceptors (Lipinski definition) is 5. The van der Waals surface area contributed by atoms with Crippen LogP contribution < -0.4 is 0 Å². The van der Waals surface area contributed by atoms with Gasteiger partial charge in [0.05, 0.1) is 18.6 Å². The van der Waals surface area contributed by atoms with Gasteiger partial charge in [-0.1, -0.05) is 44.4 Å². The maximum atomic E-state index is 11.6. The van der Waals surface area contributed by atoms with Crippen molar-refractivity contribution in [2.24, 2.45) is 5.92 Å². The summed E-state index contributed by atoms with van der Waals surface area (Å²) < 4.78 is 5.35. The van der Waals surface area contributed by atoms with Crippen LogP contribution in [0.2, 0.25) is 0 Å². The third-order valence-electron chi connectivity index (χ3n) is 4.52. The van der Waals surface area contributed by atoms with E-state index in [1.54, 1.807) is 12.2 Å². The summed E-state index contributed by atoms with van der Waals surface area (Å²) >= 11 is 0. The number of carbonyl (C=O) groups excluding carboxylic acids is 1. The molecule has 4 unspecified atom stereocenters. The molecule has 0 radical (unpaired) electrons. The van der Waals surface area contributed by atoms with Crippen molar-refractivity contribution in [3.8, 4) is 0 Å². The third-order valence-corrected chi connectivity index (χ3v) is 4.52. The fourth-order valence-electron chi connectivity index (χ4n) is 2.98. The number of aliphatic hydroxyl groups is 2. The number of aliphatic carboxylic acids is 1. The predicted molar refractivity (Wildman–Crippen MR) is 98.5 cm³/mol. The van der Waals surface area contributed by atoms with Crippen molar-refractivity contribution >= 4 is 11.9 Å². The summed E-state index contributed by atoms with van der Waals surface area (Å²) in [5.74, 6) is -1.51. The van der Waals surface area contributed by atoms with Gasteiger partial charge in [0, 0.05) is 12.3 Å². The average Bonchev–Trinajstić information content (AvgIpc) is 2.57. The molecule has 0 saturated carbocycles. The van der Waals surface area contributed by atoms with Gasteiger partial charge >= 0.3 is 11.9 Å². The van der Waals surface area contributed by atoms with Crippen molar-refractivity contribution in [2.45, 2.75) is 83.0 Å². The van der Waals surface area contributed by atoms with Crippen LogP contribution in [0.15, 0.2) is 24.3 Å². The molecule has 1 saturated heterocycles. The Bertz CT molecular complexity index is 485. The Morgan fingerprint density at radius 3 is 2.77 bits per heavy atom. The van der Waals surface area contributed by atoms with Gasteiger partial charge in [-0.15, -0.1) is 0 Å². The zero-order chi connectivity index (χ0) is 19.4. The molecule has 1 heterocycles. The van der Waals surface area contributed by atoms with E-state index in [1.807, 2.05) is 12.2 Å². The summed E-state index contributed by atoms with van der Waals surface area (Å²) in [6.07, 6.45) is 10.8. The van der Waals surface area contributed by atoms with Gasteiger partial charge < -0.3 is 20.1 Å². The van der Waals surface area contributed by atoms with E-state index in [4.69, 9.17) is 9.84 Å². The van der Waals surface area contributed by atoms with Crippen LogP contribution in [0, 0.1) is 5.92 Å². The van der Waals surface area contributed by atoms with Crippen molar-refractivity contribution < 1.29 is 29.6 Å². The quantitative estimate of drug-likeness (QED) is 0.278. The molecule has 0 aliphatic carbocycles. The first-order valence-electron chi connectivity index (χ1n) is 9.54. The molecule has 148 valence electrons. The normalized spacial score (nSPS) is 24.9. The van der Waals surface area contributed by atoms with E-state index in [2.05, 4.69) is 6.92 Å². The van der Waals surface area contributed by atoms with Crippen LogP contribution in [0.4, 0.5) is 0 Å². The number of aliphatic hydroxyl groups excluding tert-OH is 2. The van der Waals surface area contributed by atoms with Crippen molar-refractivity contribution in [3.05, 3.63) is 24.3 Å². The maximum Gasteiger partial charge on any atom is 0.309 e. The number of ether oxygens (including phenoxy) is 1. The second kappa shape index (κ2) is 12.7. The molecule has 0 bridgehead atoms. The molecule has 4 atom stereocenters. The highest BCUT2D eigenvalue weighted by atomic mass is 16.5. The molecule has 0 aromatic heterocycles. The van der Waals surface area contributed by atoms with Gasteiger partial charge in [-0.25, -0.2) is 0 Å². The van der Waals surface area contributed by atoms with Crippen molar-refractivity contribution in [1.82, 2.24) is 0 Å². The number of carboxylic acid groups (broad SMARTS) is 1. The van der Waals surface area contributed by atoms with Gasteiger partial charge in [0.2, 0.25) is 0 Å². The van der Waals surface area contributed by atoms with Crippen LogP contribution in [0.1, 0.15) is 64.7 Å². The number of cyclic esters (lactones) is 1.